The maximum Gasteiger partial charge on any atom is 0.0662 e. The second-order valence-corrected chi connectivity index (χ2v) is 3.48. The summed E-state index contributed by atoms with van der Waals surface area (Å²) in [7, 11) is 0. The van der Waals surface area contributed by atoms with Crippen molar-refractivity contribution >= 4 is 11.6 Å². The molecule has 3 heteroatoms. The molecule has 0 aromatic heterocycles. The maximum atomic E-state index is 5.76. The molecule has 1 aliphatic carbocycles. The third-order valence-corrected chi connectivity index (χ3v) is 2.41. The lowest BCUT2D eigenvalue weighted by atomic mass is 9.94. The van der Waals surface area contributed by atoms with Crippen molar-refractivity contribution < 1.29 is 4.74 Å². The van der Waals surface area contributed by atoms with E-state index in [9.17, 15) is 0 Å². The number of rotatable bonds is 3. The van der Waals surface area contributed by atoms with Crippen LogP contribution in [0.25, 0.3) is 0 Å². The van der Waals surface area contributed by atoms with E-state index in [4.69, 9.17) is 22.1 Å². The highest BCUT2D eigenvalue weighted by molar-refractivity contribution is 6.25. The molecule has 1 rings (SSSR count). The molecule has 2 nitrogen and oxygen atoms in total. The molecule has 1 aliphatic rings. The van der Waals surface area contributed by atoms with Gasteiger partial charge in [-0.1, -0.05) is 11.6 Å². The normalized spacial score (nSPS) is 31.2. The van der Waals surface area contributed by atoms with Crippen molar-refractivity contribution in [1.29, 1.82) is 0 Å². The van der Waals surface area contributed by atoms with Crippen LogP contribution >= 0.6 is 11.6 Å². The van der Waals surface area contributed by atoms with Crippen molar-refractivity contribution in [3.05, 3.63) is 11.6 Å². The molecule has 0 radical (unpaired) electrons. The van der Waals surface area contributed by atoms with Crippen LogP contribution in [0.5, 0.6) is 0 Å². The van der Waals surface area contributed by atoms with Gasteiger partial charge in [0.2, 0.25) is 0 Å². The molecule has 0 bridgehead atoms. The number of ether oxygens (including phenoxy) is 1. The molecule has 70 valence electrons. The average Bonchev–Trinajstić information content (AvgIpc) is 2.09. The zero-order valence-corrected chi connectivity index (χ0v) is 7.96. The Labute approximate surface area is 78.7 Å². The Kier molecular flexibility index (Phi) is 4.66. The van der Waals surface area contributed by atoms with Gasteiger partial charge in [-0.3, -0.25) is 0 Å². The molecule has 2 N–H and O–H groups in total. The Bertz CT molecular complexity index is 141. The van der Waals surface area contributed by atoms with Gasteiger partial charge < -0.3 is 10.5 Å². The van der Waals surface area contributed by atoms with Crippen LogP contribution in [0.3, 0.4) is 0 Å². The Morgan fingerprint density at radius 2 is 2.00 bits per heavy atom. The van der Waals surface area contributed by atoms with E-state index in [2.05, 4.69) is 0 Å². The molecule has 0 aromatic carbocycles. The van der Waals surface area contributed by atoms with E-state index < -0.39 is 0 Å². The largest absolute Gasteiger partial charge is 0.374 e. The minimum atomic E-state index is 0.397. The Balaban J connectivity index is 2.09. The Hall–Kier alpha value is -0.0500. The molecule has 12 heavy (non-hydrogen) atoms. The topological polar surface area (TPSA) is 35.2 Å². The van der Waals surface area contributed by atoms with Crippen molar-refractivity contribution in [3.63, 3.8) is 0 Å². The second-order valence-electron chi connectivity index (χ2n) is 3.23. The number of hydrogen-bond donors (Lipinski definition) is 1. The van der Waals surface area contributed by atoms with Crippen molar-refractivity contribution in [2.24, 2.45) is 5.73 Å². The van der Waals surface area contributed by atoms with E-state index in [0.29, 0.717) is 18.8 Å². The fraction of sp³-hybridized carbons (Fsp3) is 0.778. The zero-order valence-electron chi connectivity index (χ0n) is 7.21. The van der Waals surface area contributed by atoms with Gasteiger partial charge in [-0.2, -0.15) is 0 Å². The van der Waals surface area contributed by atoms with Crippen molar-refractivity contribution in [3.8, 4) is 0 Å². The van der Waals surface area contributed by atoms with Gasteiger partial charge in [-0.15, -0.1) is 0 Å². The zero-order chi connectivity index (χ0) is 8.81. The smallest absolute Gasteiger partial charge is 0.0662 e. The summed E-state index contributed by atoms with van der Waals surface area (Å²) in [5.41, 5.74) is 7.26. The van der Waals surface area contributed by atoms with Crippen LogP contribution in [-0.4, -0.2) is 18.8 Å². The lowest BCUT2D eigenvalue weighted by Crippen LogP contribution is -2.30. The van der Waals surface area contributed by atoms with Crippen molar-refractivity contribution in [1.82, 2.24) is 0 Å². The van der Waals surface area contributed by atoms with Crippen LogP contribution in [-0.2, 0) is 4.74 Å². The van der Waals surface area contributed by atoms with Gasteiger partial charge in [0, 0.05) is 11.6 Å². The average molecular weight is 190 g/mol. The molecular formula is C9H16ClNO. The monoisotopic (exact) mass is 189 g/mol. The summed E-state index contributed by atoms with van der Waals surface area (Å²) in [5, 5.41) is 0. The fourth-order valence-corrected chi connectivity index (χ4v) is 1.56. The summed E-state index contributed by atoms with van der Waals surface area (Å²) in [6.45, 7) is 0.628. The summed E-state index contributed by atoms with van der Waals surface area (Å²) in [5.74, 6) is 0. The van der Waals surface area contributed by atoms with Gasteiger partial charge in [0.05, 0.1) is 12.7 Å². The summed E-state index contributed by atoms with van der Waals surface area (Å²) < 4.78 is 5.54. The minimum Gasteiger partial charge on any atom is -0.374 e. The first-order valence-electron chi connectivity index (χ1n) is 4.45. The quantitative estimate of drug-likeness (QED) is 0.738. The lowest BCUT2D eigenvalue weighted by molar-refractivity contribution is 0.0428. The Morgan fingerprint density at radius 1 is 1.33 bits per heavy atom. The van der Waals surface area contributed by atoms with E-state index in [1.165, 1.54) is 5.54 Å². The number of halogens is 1. The third kappa shape index (κ3) is 3.57. The summed E-state index contributed by atoms with van der Waals surface area (Å²) in [6, 6.07) is 0.397. The predicted octanol–water partition coefficient (Wildman–Crippen LogP) is 2.03. The molecule has 0 unspecified atom stereocenters. The SMILES string of the molecule is NC1CCC(OC/C=C/Cl)CC1. The van der Waals surface area contributed by atoms with E-state index in [1.807, 2.05) is 6.08 Å². The maximum absolute atomic E-state index is 5.76. The minimum absolute atomic E-state index is 0.397. The van der Waals surface area contributed by atoms with Gasteiger partial charge in [0.1, 0.15) is 0 Å². The van der Waals surface area contributed by atoms with Gasteiger partial charge in [0.25, 0.3) is 0 Å². The molecule has 0 amide bonds. The van der Waals surface area contributed by atoms with Crippen LogP contribution in [0.1, 0.15) is 25.7 Å². The van der Waals surface area contributed by atoms with Gasteiger partial charge in [-0.25, -0.2) is 0 Å². The predicted molar refractivity (Wildman–Crippen MR) is 51.2 cm³/mol. The Morgan fingerprint density at radius 3 is 2.58 bits per heavy atom. The van der Waals surface area contributed by atoms with Gasteiger partial charge in [0.15, 0.2) is 0 Å². The molecule has 0 heterocycles. The molecule has 1 fully saturated rings. The first kappa shape index (κ1) is 10.0. The highest BCUT2D eigenvalue weighted by Crippen LogP contribution is 2.19. The van der Waals surface area contributed by atoms with Crippen LogP contribution in [0, 0.1) is 0 Å². The summed E-state index contributed by atoms with van der Waals surface area (Å²) >= 11 is 5.36. The van der Waals surface area contributed by atoms with Crippen molar-refractivity contribution in [2.45, 2.75) is 37.8 Å². The molecule has 0 atom stereocenters. The summed E-state index contributed by atoms with van der Waals surface area (Å²) in [6.07, 6.45) is 6.59. The molecule has 0 saturated heterocycles. The van der Waals surface area contributed by atoms with E-state index in [1.54, 1.807) is 0 Å². The van der Waals surface area contributed by atoms with Crippen LogP contribution in [0.15, 0.2) is 11.6 Å². The summed E-state index contributed by atoms with van der Waals surface area (Å²) in [4.78, 5) is 0. The number of hydrogen-bond acceptors (Lipinski definition) is 2. The molecule has 0 spiro atoms. The first-order chi connectivity index (χ1) is 5.83. The van der Waals surface area contributed by atoms with Gasteiger partial charge in [-0.05, 0) is 31.8 Å². The van der Waals surface area contributed by atoms with Crippen molar-refractivity contribution in [2.75, 3.05) is 6.61 Å². The fourth-order valence-electron chi connectivity index (χ4n) is 1.48. The molecule has 0 aliphatic heterocycles. The first-order valence-corrected chi connectivity index (χ1v) is 4.89. The van der Waals surface area contributed by atoms with E-state index in [-0.39, 0.29) is 0 Å². The molecular weight excluding hydrogens is 174 g/mol. The molecule has 1 saturated carbocycles. The third-order valence-electron chi connectivity index (χ3n) is 2.24. The lowest BCUT2D eigenvalue weighted by Gasteiger charge is -2.25. The van der Waals surface area contributed by atoms with Gasteiger partial charge >= 0.3 is 0 Å². The highest BCUT2D eigenvalue weighted by atomic mass is 35.5. The number of nitrogens with two attached hydrogens (primary N) is 1. The second kappa shape index (κ2) is 5.57. The van der Waals surface area contributed by atoms with Crippen LogP contribution in [0.4, 0.5) is 0 Å². The van der Waals surface area contributed by atoms with E-state index >= 15 is 0 Å². The van der Waals surface area contributed by atoms with Crippen LogP contribution < -0.4 is 5.73 Å². The van der Waals surface area contributed by atoms with Crippen LogP contribution in [0.2, 0.25) is 0 Å². The standard InChI is InChI=1S/C9H16ClNO/c10-6-1-7-12-9-4-2-8(11)3-5-9/h1,6,8-9H,2-5,7,11H2/b6-1+. The highest BCUT2D eigenvalue weighted by Gasteiger charge is 2.17. The van der Waals surface area contributed by atoms with E-state index in [0.717, 1.165) is 25.7 Å². The molecule has 0 aromatic rings.